The molecule has 1 fully saturated rings. The maximum absolute atomic E-state index is 12.0. The lowest BCUT2D eigenvalue weighted by Crippen LogP contribution is -2.40. The molecule has 3 nitrogen and oxygen atoms in total. The molecule has 0 aromatic heterocycles. The second-order valence-corrected chi connectivity index (χ2v) is 8.76. The van der Waals surface area contributed by atoms with E-state index in [1.807, 2.05) is 0 Å². The van der Waals surface area contributed by atoms with Gasteiger partial charge in [-0.1, -0.05) is 47.0 Å². The van der Waals surface area contributed by atoms with Crippen LogP contribution < -0.4 is 4.72 Å². The number of rotatable bonds is 5. The Labute approximate surface area is 113 Å². The minimum absolute atomic E-state index is 0.0767. The fourth-order valence-corrected chi connectivity index (χ4v) is 4.24. The highest BCUT2D eigenvalue weighted by atomic mass is 32.2. The van der Waals surface area contributed by atoms with Crippen molar-refractivity contribution < 1.29 is 8.42 Å². The standard InChI is InChI=1S/C14H29NO2S/c1-5-12-7-6-8-13(11-12)15-18(16,17)10-9-14(2,3)4/h12-13,15H,5-11H2,1-4H3/t12-,13+/m0/s1. The summed E-state index contributed by atoms with van der Waals surface area (Å²) in [4.78, 5) is 0. The van der Waals surface area contributed by atoms with Crippen molar-refractivity contribution in [1.82, 2.24) is 4.72 Å². The maximum atomic E-state index is 12.0. The monoisotopic (exact) mass is 275 g/mol. The second kappa shape index (κ2) is 6.38. The summed E-state index contributed by atoms with van der Waals surface area (Å²) in [6.07, 6.45) is 6.32. The first-order valence-corrected chi connectivity index (χ1v) is 8.87. The Morgan fingerprint density at radius 1 is 1.22 bits per heavy atom. The van der Waals surface area contributed by atoms with Gasteiger partial charge in [-0.2, -0.15) is 0 Å². The zero-order valence-corrected chi connectivity index (χ0v) is 13.1. The van der Waals surface area contributed by atoms with Gasteiger partial charge in [-0.15, -0.1) is 0 Å². The van der Waals surface area contributed by atoms with Gasteiger partial charge in [0.25, 0.3) is 0 Å². The van der Waals surface area contributed by atoms with Crippen LogP contribution in [0, 0.1) is 11.3 Å². The summed E-state index contributed by atoms with van der Waals surface area (Å²) in [6, 6.07) is 0.175. The van der Waals surface area contributed by atoms with Crippen molar-refractivity contribution in [3.05, 3.63) is 0 Å². The zero-order valence-electron chi connectivity index (χ0n) is 12.3. The average Bonchev–Trinajstić information content (AvgIpc) is 2.25. The van der Waals surface area contributed by atoms with Crippen molar-refractivity contribution in [3.63, 3.8) is 0 Å². The number of sulfonamides is 1. The van der Waals surface area contributed by atoms with Gasteiger partial charge in [0.2, 0.25) is 10.0 Å². The quantitative estimate of drug-likeness (QED) is 0.836. The molecular formula is C14H29NO2S. The third-order valence-corrected chi connectivity index (χ3v) is 5.26. The van der Waals surface area contributed by atoms with Crippen LogP contribution in [-0.2, 0) is 10.0 Å². The molecule has 1 aliphatic rings. The van der Waals surface area contributed by atoms with Crippen molar-refractivity contribution in [2.75, 3.05) is 5.75 Å². The minimum atomic E-state index is -3.10. The lowest BCUT2D eigenvalue weighted by molar-refractivity contribution is 0.300. The Morgan fingerprint density at radius 2 is 1.89 bits per heavy atom. The van der Waals surface area contributed by atoms with E-state index in [1.54, 1.807) is 0 Å². The van der Waals surface area contributed by atoms with Crippen LogP contribution >= 0.6 is 0 Å². The molecule has 4 heteroatoms. The third-order valence-electron chi connectivity index (χ3n) is 3.83. The highest BCUT2D eigenvalue weighted by Gasteiger charge is 2.25. The van der Waals surface area contributed by atoms with E-state index in [-0.39, 0.29) is 17.2 Å². The summed E-state index contributed by atoms with van der Waals surface area (Å²) in [7, 11) is -3.10. The first-order chi connectivity index (χ1) is 8.22. The Balaban J connectivity index is 2.45. The summed E-state index contributed by atoms with van der Waals surface area (Å²) in [5, 5.41) is 0. The summed E-state index contributed by atoms with van der Waals surface area (Å²) >= 11 is 0. The molecule has 108 valence electrons. The lowest BCUT2D eigenvalue weighted by atomic mass is 9.85. The van der Waals surface area contributed by atoms with E-state index < -0.39 is 10.0 Å². The van der Waals surface area contributed by atoms with Crippen LogP contribution in [0.5, 0.6) is 0 Å². The van der Waals surface area contributed by atoms with Crippen LogP contribution in [-0.4, -0.2) is 20.2 Å². The Morgan fingerprint density at radius 3 is 2.44 bits per heavy atom. The fraction of sp³-hybridized carbons (Fsp3) is 1.00. The molecule has 0 spiro atoms. The first-order valence-electron chi connectivity index (χ1n) is 7.22. The molecule has 0 bridgehead atoms. The number of hydrogen-bond donors (Lipinski definition) is 1. The topological polar surface area (TPSA) is 46.2 Å². The van der Waals surface area contributed by atoms with Crippen LogP contribution in [0.3, 0.4) is 0 Å². The van der Waals surface area contributed by atoms with E-state index in [0.717, 1.165) is 19.3 Å². The van der Waals surface area contributed by atoms with Crippen molar-refractivity contribution >= 4 is 10.0 Å². The van der Waals surface area contributed by atoms with Crippen LogP contribution in [0.2, 0.25) is 0 Å². The highest BCUT2D eigenvalue weighted by molar-refractivity contribution is 7.89. The summed E-state index contributed by atoms with van der Waals surface area (Å²) in [5.74, 6) is 0.957. The van der Waals surface area contributed by atoms with Crippen LogP contribution in [0.15, 0.2) is 0 Å². The van der Waals surface area contributed by atoms with Gasteiger partial charge < -0.3 is 0 Å². The molecule has 1 saturated carbocycles. The maximum Gasteiger partial charge on any atom is 0.211 e. The molecule has 0 saturated heterocycles. The van der Waals surface area contributed by atoms with Gasteiger partial charge in [0, 0.05) is 6.04 Å². The van der Waals surface area contributed by atoms with Crippen LogP contribution in [0.4, 0.5) is 0 Å². The molecule has 1 aliphatic carbocycles. The third kappa shape index (κ3) is 6.19. The van der Waals surface area contributed by atoms with Gasteiger partial charge in [-0.05, 0) is 30.6 Å². The molecule has 0 heterocycles. The molecule has 0 aromatic carbocycles. The Kier molecular flexibility index (Phi) is 5.66. The second-order valence-electron chi connectivity index (χ2n) is 6.89. The molecule has 1 N–H and O–H groups in total. The van der Waals surface area contributed by atoms with E-state index in [4.69, 9.17) is 0 Å². The van der Waals surface area contributed by atoms with Crippen molar-refractivity contribution in [2.45, 2.75) is 72.3 Å². The van der Waals surface area contributed by atoms with Gasteiger partial charge in [-0.3, -0.25) is 0 Å². The van der Waals surface area contributed by atoms with Crippen LogP contribution in [0.1, 0.15) is 66.2 Å². The van der Waals surface area contributed by atoms with Gasteiger partial charge in [-0.25, -0.2) is 13.1 Å². The molecule has 0 radical (unpaired) electrons. The number of nitrogens with one attached hydrogen (secondary N) is 1. The van der Waals surface area contributed by atoms with Gasteiger partial charge >= 0.3 is 0 Å². The molecule has 0 amide bonds. The summed E-state index contributed by atoms with van der Waals surface area (Å²) in [5.41, 5.74) is 0.0767. The van der Waals surface area contributed by atoms with Crippen molar-refractivity contribution in [3.8, 4) is 0 Å². The first kappa shape index (κ1) is 16.0. The minimum Gasteiger partial charge on any atom is -0.212 e. The van der Waals surface area contributed by atoms with E-state index >= 15 is 0 Å². The summed E-state index contributed by atoms with van der Waals surface area (Å²) in [6.45, 7) is 8.43. The van der Waals surface area contributed by atoms with Crippen LogP contribution in [0.25, 0.3) is 0 Å². The molecule has 18 heavy (non-hydrogen) atoms. The molecular weight excluding hydrogens is 246 g/mol. The van der Waals surface area contributed by atoms with Crippen molar-refractivity contribution in [2.24, 2.45) is 11.3 Å². The lowest BCUT2D eigenvalue weighted by Gasteiger charge is -2.29. The molecule has 0 aromatic rings. The average molecular weight is 275 g/mol. The van der Waals surface area contributed by atoms with E-state index in [2.05, 4.69) is 32.4 Å². The van der Waals surface area contributed by atoms with Gasteiger partial charge in [0.1, 0.15) is 0 Å². The SMILES string of the molecule is CC[C@H]1CCC[C@@H](NS(=O)(=O)CCC(C)(C)C)C1. The van der Waals surface area contributed by atoms with E-state index in [9.17, 15) is 8.42 Å². The molecule has 0 aliphatic heterocycles. The largest absolute Gasteiger partial charge is 0.212 e. The zero-order chi connectivity index (χ0) is 13.8. The van der Waals surface area contributed by atoms with E-state index in [1.165, 1.54) is 12.8 Å². The summed E-state index contributed by atoms with van der Waals surface area (Å²) < 4.78 is 27.0. The van der Waals surface area contributed by atoms with Gasteiger partial charge in [0.05, 0.1) is 5.75 Å². The fourth-order valence-electron chi connectivity index (χ4n) is 2.52. The predicted molar refractivity (Wildman–Crippen MR) is 77.0 cm³/mol. The normalized spacial score (nSPS) is 26.2. The van der Waals surface area contributed by atoms with E-state index in [0.29, 0.717) is 12.3 Å². The van der Waals surface area contributed by atoms with Gasteiger partial charge in [0.15, 0.2) is 0 Å². The van der Waals surface area contributed by atoms with Crippen molar-refractivity contribution in [1.29, 1.82) is 0 Å². The molecule has 2 atom stereocenters. The number of hydrogen-bond acceptors (Lipinski definition) is 2. The molecule has 1 rings (SSSR count). The Bertz CT molecular complexity index is 343. The predicted octanol–water partition coefficient (Wildman–Crippen LogP) is 3.31. The molecule has 0 unspecified atom stereocenters. The Hall–Kier alpha value is -0.0900. The smallest absolute Gasteiger partial charge is 0.211 e. The highest BCUT2D eigenvalue weighted by Crippen LogP contribution is 2.27.